The Morgan fingerprint density at radius 1 is 1.18 bits per heavy atom. The molecule has 0 bridgehead atoms. The minimum atomic E-state index is 0.747. The first kappa shape index (κ1) is 13.4. The maximum absolute atomic E-state index is 3.78. The molecule has 1 N–H and O–H groups in total. The van der Waals surface area contributed by atoms with Crippen LogP contribution in [0.3, 0.4) is 0 Å². The van der Waals surface area contributed by atoms with Crippen molar-refractivity contribution in [2.24, 2.45) is 5.92 Å². The maximum atomic E-state index is 3.78. The van der Waals surface area contributed by atoms with Crippen LogP contribution in [0.1, 0.15) is 58.8 Å². The lowest BCUT2D eigenvalue weighted by atomic mass is 9.80. The van der Waals surface area contributed by atoms with E-state index in [0.717, 1.165) is 24.0 Å². The molecule has 0 spiro atoms. The van der Waals surface area contributed by atoms with Crippen molar-refractivity contribution in [1.82, 2.24) is 10.2 Å². The summed E-state index contributed by atoms with van der Waals surface area (Å²) < 4.78 is 0. The highest BCUT2D eigenvalue weighted by Crippen LogP contribution is 2.32. The van der Waals surface area contributed by atoms with E-state index in [0.29, 0.717) is 0 Å². The minimum absolute atomic E-state index is 0.747. The van der Waals surface area contributed by atoms with Crippen molar-refractivity contribution < 1.29 is 0 Å². The molecule has 2 heteroatoms. The Balaban J connectivity index is 1.92. The summed E-state index contributed by atoms with van der Waals surface area (Å²) in [6.07, 6.45) is 9.76. The molecule has 2 rings (SSSR count). The number of hydrogen-bond acceptors (Lipinski definition) is 2. The van der Waals surface area contributed by atoms with E-state index in [1.807, 2.05) is 0 Å². The fourth-order valence-corrected chi connectivity index (χ4v) is 3.43. The van der Waals surface area contributed by atoms with E-state index in [4.69, 9.17) is 0 Å². The third-order valence-corrected chi connectivity index (χ3v) is 4.91. The number of nitrogens with zero attached hydrogens (tertiary/aromatic N) is 1. The van der Waals surface area contributed by atoms with Gasteiger partial charge in [0.25, 0.3) is 0 Å². The third-order valence-electron chi connectivity index (χ3n) is 4.91. The number of nitrogens with one attached hydrogen (secondary N) is 1. The Morgan fingerprint density at radius 2 is 1.94 bits per heavy atom. The maximum Gasteiger partial charge on any atom is 0.0251 e. The molecular weight excluding hydrogens is 208 g/mol. The van der Waals surface area contributed by atoms with Crippen LogP contribution in [0.15, 0.2) is 0 Å². The molecule has 0 radical (unpaired) electrons. The van der Waals surface area contributed by atoms with Crippen molar-refractivity contribution in [3.05, 3.63) is 0 Å². The molecule has 0 saturated heterocycles. The number of likely N-dealkylation sites (N-methyl/N-ethyl adjacent to an activating group) is 1. The van der Waals surface area contributed by atoms with Crippen LogP contribution in [-0.2, 0) is 0 Å². The monoisotopic (exact) mass is 238 g/mol. The summed E-state index contributed by atoms with van der Waals surface area (Å²) in [6.45, 7) is 5.88. The van der Waals surface area contributed by atoms with Gasteiger partial charge in [-0.25, -0.2) is 0 Å². The first-order chi connectivity index (χ1) is 8.22. The van der Waals surface area contributed by atoms with E-state index in [-0.39, 0.29) is 0 Å². The summed E-state index contributed by atoms with van der Waals surface area (Å²) in [5, 5.41) is 3.78. The summed E-state index contributed by atoms with van der Waals surface area (Å²) in [7, 11) is 2.37. The van der Waals surface area contributed by atoms with Crippen molar-refractivity contribution in [1.29, 1.82) is 0 Å². The summed E-state index contributed by atoms with van der Waals surface area (Å²) in [5.74, 6) is 0.919. The zero-order chi connectivity index (χ0) is 12.3. The van der Waals surface area contributed by atoms with Gasteiger partial charge in [-0.05, 0) is 58.0 Å². The number of rotatable bonds is 5. The molecule has 17 heavy (non-hydrogen) atoms. The van der Waals surface area contributed by atoms with E-state index in [1.165, 1.54) is 51.5 Å². The summed E-state index contributed by atoms with van der Waals surface area (Å²) in [4.78, 5) is 2.70. The molecule has 3 atom stereocenters. The summed E-state index contributed by atoms with van der Waals surface area (Å²) in [6, 6.07) is 2.42. The van der Waals surface area contributed by atoms with Crippen molar-refractivity contribution in [2.75, 3.05) is 13.6 Å². The topological polar surface area (TPSA) is 15.3 Å². The second-order valence-corrected chi connectivity index (χ2v) is 6.30. The lowest BCUT2D eigenvalue weighted by Crippen LogP contribution is -2.56. The van der Waals surface area contributed by atoms with Crippen LogP contribution in [0.4, 0.5) is 0 Å². The fraction of sp³-hybridized carbons (Fsp3) is 1.00. The zero-order valence-electron chi connectivity index (χ0n) is 11.9. The average molecular weight is 238 g/mol. The second kappa shape index (κ2) is 6.19. The van der Waals surface area contributed by atoms with Gasteiger partial charge in [-0.3, -0.25) is 4.90 Å². The van der Waals surface area contributed by atoms with E-state index in [2.05, 4.69) is 31.1 Å². The molecular formula is C15H30N2. The Labute approximate surface area is 107 Å². The first-order valence-corrected chi connectivity index (χ1v) is 7.67. The molecule has 0 amide bonds. The molecule has 2 aliphatic carbocycles. The standard InChI is InChI=1S/C15H30N2/c1-4-10-16-14-9-8-12(2)11-15(14)17(3)13-6-5-7-13/h12-16H,4-11H2,1-3H3. The molecule has 2 saturated carbocycles. The van der Waals surface area contributed by atoms with Gasteiger partial charge >= 0.3 is 0 Å². The quantitative estimate of drug-likeness (QED) is 0.792. The smallest absolute Gasteiger partial charge is 0.0251 e. The first-order valence-electron chi connectivity index (χ1n) is 7.67. The van der Waals surface area contributed by atoms with E-state index >= 15 is 0 Å². The van der Waals surface area contributed by atoms with Crippen LogP contribution in [-0.4, -0.2) is 36.6 Å². The normalized spacial score (nSPS) is 34.9. The average Bonchev–Trinajstić information content (AvgIpc) is 2.25. The number of hydrogen-bond donors (Lipinski definition) is 1. The van der Waals surface area contributed by atoms with E-state index < -0.39 is 0 Å². The predicted octanol–water partition coefficient (Wildman–Crippen LogP) is 3.03. The largest absolute Gasteiger partial charge is 0.312 e. The van der Waals surface area contributed by atoms with Crippen LogP contribution in [0, 0.1) is 5.92 Å². The van der Waals surface area contributed by atoms with Crippen LogP contribution in [0.2, 0.25) is 0 Å². The van der Waals surface area contributed by atoms with Crippen LogP contribution >= 0.6 is 0 Å². The van der Waals surface area contributed by atoms with Gasteiger partial charge in [0.1, 0.15) is 0 Å². The van der Waals surface area contributed by atoms with Crippen molar-refractivity contribution in [3.8, 4) is 0 Å². The van der Waals surface area contributed by atoms with Crippen LogP contribution in [0.25, 0.3) is 0 Å². The molecule has 0 aromatic heterocycles. The summed E-state index contributed by atoms with van der Waals surface area (Å²) >= 11 is 0. The van der Waals surface area contributed by atoms with Gasteiger partial charge in [0, 0.05) is 18.1 Å². The van der Waals surface area contributed by atoms with E-state index in [9.17, 15) is 0 Å². The molecule has 100 valence electrons. The van der Waals surface area contributed by atoms with Crippen LogP contribution in [0.5, 0.6) is 0 Å². The van der Waals surface area contributed by atoms with Gasteiger partial charge in [-0.2, -0.15) is 0 Å². The van der Waals surface area contributed by atoms with Crippen LogP contribution < -0.4 is 5.32 Å². The van der Waals surface area contributed by atoms with Crippen molar-refractivity contribution in [3.63, 3.8) is 0 Å². The molecule has 0 aliphatic heterocycles. The molecule has 0 aromatic carbocycles. The molecule has 2 aliphatic rings. The lowest BCUT2D eigenvalue weighted by molar-refractivity contribution is 0.0535. The highest BCUT2D eigenvalue weighted by Gasteiger charge is 2.35. The minimum Gasteiger partial charge on any atom is -0.312 e. The molecule has 2 fully saturated rings. The Bertz CT molecular complexity index is 223. The summed E-state index contributed by atoms with van der Waals surface area (Å²) in [5.41, 5.74) is 0. The molecule has 0 heterocycles. The van der Waals surface area contributed by atoms with Gasteiger partial charge in [-0.1, -0.05) is 20.3 Å². The van der Waals surface area contributed by atoms with Gasteiger partial charge < -0.3 is 5.32 Å². The van der Waals surface area contributed by atoms with Crippen molar-refractivity contribution >= 4 is 0 Å². The van der Waals surface area contributed by atoms with Gasteiger partial charge in [0.2, 0.25) is 0 Å². The zero-order valence-corrected chi connectivity index (χ0v) is 11.9. The third kappa shape index (κ3) is 3.23. The van der Waals surface area contributed by atoms with Gasteiger partial charge in [-0.15, -0.1) is 0 Å². The Kier molecular flexibility index (Phi) is 4.87. The fourth-order valence-electron chi connectivity index (χ4n) is 3.43. The molecule has 2 nitrogen and oxygen atoms in total. The second-order valence-electron chi connectivity index (χ2n) is 6.30. The lowest BCUT2D eigenvalue weighted by Gasteiger charge is -2.46. The van der Waals surface area contributed by atoms with E-state index in [1.54, 1.807) is 0 Å². The highest BCUT2D eigenvalue weighted by molar-refractivity contribution is 4.93. The SMILES string of the molecule is CCCNC1CCC(C)CC1N(C)C1CCC1. The van der Waals surface area contributed by atoms with Gasteiger partial charge in [0.05, 0.1) is 0 Å². The Hall–Kier alpha value is -0.0800. The van der Waals surface area contributed by atoms with Gasteiger partial charge in [0.15, 0.2) is 0 Å². The predicted molar refractivity (Wildman–Crippen MR) is 74.3 cm³/mol. The highest BCUT2D eigenvalue weighted by atomic mass is 15.2. The Morgan fingerprint density at radius 3 is 2.53 bits per heavy atom. The molecule has 3 unspecified atom stereocenters. The van der Waals surface area contributed by atoms with Crippen molar-refractivity contribution in [2.45, 2.75) is 76.9 Å². The molecule has 0 aromatic rings.